The van der Waals surface area contributed by atoms with E-state index in [4.69, 9.17) is 0 Å². The molecule has 0 aromatic carbocycles. The molecule has 0 aliphatic heterocycles. The van der Waals surface area contributed by atoms with Crippen LogP contribution in [0.5, 0.6) is 0 Å². The van der Waals surface area contributed by atoms with Crippen LogP contribution in [0.4, 0.5) is 0 Å². The van der Waals surface area contributed by atoms with E-state index < -0.39 is 0 Å². The average Bonchev–Trinajstić information content (AvgIpc) is 1.63. The first-order chi connectivity index (χ1) is 4.13. The molecule has 0 saturated carbocycles. The zero-order chi connectivity index (χ0) is 7.28. The molecule has 10 heavy (non-hydrogen) atoms. The second-order valence-corrected chi connectivity index (χ2v) is 5.58. The molecular formula is C8H24AlB. The Bertz CT molecular complexity index is 59.1. The highest BCUT2D eigenvalue weighted by Crippen LogP contribution is 2.05. The van der Waals surface area contributed by atoms with Gasteiger partial charge in [-0.2, -0.15) is 0 Å². The average molecular weight is 158 g/mol. The van der Waals surface area contributed by atoms with Crippen LogP contribution >= 0.6 is 0 Å². The van der Waals surface area contributed by atoms with Crippen LogP contribution in [0.3, 0.4) is 0 Å². The highest BCUT2D eigenvalue weighted by Gasteiger charge is 1.99. The van der Waals surface area contributed by atoms with E-state index in [9.17, 15) is 0 Å². The lowest BCUT2D eigenvalue weighted by molar-refractivity contribution is 0.700. The zero-order valence-electron chi connectivity index (χ0n) is 7.28. The summed E-state index contributed by atoms with van der Waals surface area (Å²) in [5.74, 6) is 1.91. The van der Waals surface area contributed by atoms with Gasteiger partial charge in [-0.3, -0.25) is 0 Å². The van der Waals surface area contributed by atoms with Gasteiger partial charge in [0, 0.05) is 1.43 Å². The molecule has 0 radical (unpaired) electrons. The Morgan fingerprint density at radius 2 is 1.30 bits per heavy atom. The van der Waals surface area contributed by atoms with Gasteiger partial charge in [-0.05, 0) is 0 Å². The Hall–Kier alpha value is 0.597. The van der Waals surface area contributed by atoms with Crippen LogP contribution in [0, 0.1) is 11.8 Å². The maximum Gasteiger partial charge on any atom is 0.237 e. The highest BCUT2D eigenvalue weighted by atomic mass is 27.1. The number of hydrogen-bond acceptors (Lipinski definition) is 0. The van der Waals surface area contributed by atoms with Crippen molar-refractivity contribution in [2.24, 2.45) is 11.8 Å². The molecule has 0 aliphatic carbocycles. The fourth-order valence-electron chi connectivity index (χ4n) is 0.934. The van der Waals surface area contributed by atoms with E-state index in [1.165, 1.54) is 10.6 Å². The summed E-state index contributed by atoms with van der Waals surface area (Å²) in [5, 5.41) is 3.08. The fraction of sp³-hybridized carbons (Fsp3) is 1.00. The third-order valence-corrected chi connectivity index (χ3v) is 4.69. The minimum absolute atomic E-state index is 0. The summed E-state index contributed by atoms with van der Waals surface area (Å²) in [4.78, 5) is 0. The lowest BCUT2D eigenvalue weighted by Gasteiger charge is -2.03. The molecule has 0 aromatic rings. The van der Waals surface area contributed by atoms with Gasteiger partial charge in [-0.25, -0.2) is 0 Å². The summed E-state index contributed by atoms with van der Waals surface area (Å²) < 4.78 is 0. The van der Waals surface area contributed by atoms with Crippen molar-refractivity contribution in [1.29, 1.82) is 0 Å². The van der Waals surface area contributed by atoms with Gasteiger partial charge in [0.25, 0.3) is 0 Å². The van der Waals surface area contributed by atoms with E-state index in [0.717, 1.165) is 11.8 Å². The molecule has 0 rings (SSSR count). The van der Waals surface area contributed by atoms with Crippen molar-refractivity contribution < 1.29 is 1.43 Å². The minimum atomic E-state index is 0. The highest BCUT2D eigenvalue weighted by molar-refractivity contribution is 6.35. The molecule has 0 N–H and O–H groups in total. The van der Waals surface area contributed by atoms with Crippen LogP contribution in [-0.2, 0) is 0 Å². The lowest BCUT2D eigenvalue weighted by atomic mass is 10.3. The molecule has 0 spiro atoms. The second kappa shape index (κ2) is 7.70. The van der Waals surface area contributed by atoms with Crippen molar-refractivity contribution in [1.82, 2.24) is 0 Å². The zero-order valence-corrected chi connectivity index (χ0v) is 8.69. The maximum atomic E-state index is 2.33. The van der Waals surface area contributed by atoms with Crippen LogP contribution in [0.2, 0.25) is 10.6 Å². The van der Waals surface area contributed by atoms with Gasteiger partial charge in [-0.1, -0.05) is 50.1 Å². The third-order valence-electron chi connectivity index (χ3n) is 1.56. The summed E-state index contributed by atoms with van der Waals surface area (Å²) in [6, 6.07) is 0. The van der Waals surface area contributed by atoms with Crippen molar-refractivity contribution >= 4 is 23.6 Å². The van der Waals surface area contributed by atoms with E-state index in [1.54, 1.807) is 0 Å². The van der Waals surface area contributed by atoms with Crippen LogP contribution in [0.1, 0.15) is 29.1 Å². The smallest absolute Gasteiger partial charge is 0.0950 e. The standard InChI is InChI=1S/2C4H9.Al.BH3.H2.H/c2*1-4(2)3;;;;/h2*4H,1H2,2-3H3;;1H3;1H;. The largest absolute Gasteiger partial charge is 0.237 e. The Kier molecular flexibility index (Phi) is 10.2. The van der Waals surface area contributed by atoms with Gasteiger partial charge in [0.1, 0.15) is 0 Å². The van der Waals surface area contributed by atoms with Gasteiger partial charge in [-0.15, -0.1) is 0 Å². The van der Waals surface area contributed by atoms with Crippen molar-refractivity contribution in [3.63, 3.8) is 0 Å². The molecule has 2 heteroatoms. The van der Waals surface area contributed by atoms with Crippen molar-refractivity contribution in [2.75, 3.05) is 0 Å². The van der Waals surface area contributed by atoms with E-state index in [-0.39, 0.29) is 9.84 Å². The van der Waals surface area contributed by atoms with Crippen LogP contribution in [-0.4, -0.2) is 23.6 Å². The molecule has 62 valence electrons. The molecule has 0 bridgehead atoms. The predicted molar refractivity (Wildman–Crippen MR) is 58.5 cm³/mol. The van der Waals surface area contributed by atoms with E-state index >= 15 is 0 Å². The first-order valence-corrected chi connectivity index (χ1v) is 6.13. The van der Waals surface area contributed by atoms with Crippen LogP contribution in [0.15, 0.2) is 0 Å². The monoisotopic (exact) mass is 158 g/mol. The third kappa shape index (κ3) is 11.4. The van der Waals surface area contributed by atoms with Crippen molar-refractivity contribution in [2.45, 2.75) is 38.3 Å². The predicted octanol–water partition coefficient (Wildman–Crippen LogP) is 1.63. The van der Waals surface area contributed by atoms with Crippen molar-refractivity contribution in [3.05, 3.63) is 0 Å². The van der Waals surface area contributed by atoms with Gasteiger partial charge < -0.3 is 0 Å². The molecule has 0 aliphatic rings. The van der Waals surface area contributed by atoms with Crippen molar-refractivity contribution in [3.8, 4) is 0 Å². The van der Waals surface area contributed by atoms with Gasteiger partial charge in [0.2, 0.25) is 15.2 Å². The summed E-state index contributed by atoms with van der Waals surface area (Å²) in [7, 11) is 0. The fourth-order valence-corrected chi connectivity index (χ4v) is 2.80. The Morgan fingerprint density at radius 1 is 1.00 bits per heavy atom. The number of rotatable bonds is 4. The topological polar surface area (TPSA) is 0 Å². The SMILES string of the molecule is B.CC(C)[CH2][AlH][CH2]C(C)C.[HH]. The van der Waals surface area contributed by atoms with E-state index in [0.29, 0.717) is 15.2 Å². The molecule has 0 fully saturated rings. The van der Waals surface area contributed by atoms with Gasteiger partial charge in [0.15, 0.2) is 0 Å². The summed E-state index contributed by atoms with van der Waals surface area (Å²) in [6.07, 6.45) is 0. The maximum absolute atomic E-state index is 2.33. The Labute approximate surface area is 75.6 Å². The first-order valence-electron chi connectivity index (χ1n) is 4.13. The normalized spacial score (nSPS) is 9.80. The van der Waals surface area contributed by atoms with Gasteiger partial charge in [0.05, 0.1) is 8.41 Å². The van der Waals surface area contributed by atoms with E-state index in [1.807, 2.05) is 0 Å². The first kappa shape index (κ1) is 13.2. The van der Waals surface area contributed by atoms with Crippen LogP contribution < -0.4 is 0 Å². The minimum Gasteiger partial charge on any atom is -0.0950 e. The summed E-state index contributed by atoms with van der Waals surface area (Å²) >= 11 is 0.316. The molecule has 0 saturated heterocycles. The molecule has 0 unspecified atom stereocenters. The van der Waals surface area contributed by atoms with Gasteiger partial charge >= 0.3 is 0 Å². The van der Waals surface area contributed by atoms with Crippen LogP contribution in [0.25, 0.3) is 0 Å². The second-order valence-electron chi connectivity index (χ2n) is 3.72. The molecular weight excluding hydrogens is 134 g/mol. The molecule has 0 nitrogen and oxygen atoms in total. The van der Waals surface area contributed by atoms with E-state index in [2.05, 4.69) is 27.7 Å². The molecule has 0 atom stereocenters. The summed E-state index contributed by atoms with van der Waals surface area (Å²) in [6.45, 7) is 9.31. The Morgan fingerprint density at radius 3 is 1.50 bits per heavy atom. The lowest BCUT2D eigenvalue weighted by Crippen LogP contribution is -1.99. The summed E-state index contributed by atoms with van der Waals surface area (Å²) in [5.41, 5.74) is 0. The quantitative estimate of drug-likeness (QED) is 0.545. The number of hydrogen-bond donors (Lipinski definition) is 0. The molecule has 0 amide bonds. The molecule has 0 heterocycles. The molecule has 0 aromatic heterocycles. The Balaban J connectivity index is -0.000000320.